The van der Waals surface area contributed by atoms with Crippen LogP contribution in [0.1, 0.15) is 53.7 Å². The molecule has 3 rings (SSSR count). The number of piperidine rings is 1. The molecule has 9 heteroatoms. The van der Waals surface area contributed by atoms with Crippen LogP contribution in [-0.4, -0.2) is 63.7 Å². The molecule has 2 N–H and O–H groups in total. The Morgan fingerprint density at radius 2 is 1.83 bits per heavy atom. The van der Waals surface area contributed by atoms with E-state index in [2.05, 4.69) is 22.6 Å². The van der Waals surface area contributed by atoms with E-state index in [1.54, 1.807) is 6.92 Å². The van der Waals surface area contributed by atoms with Gasteiger partial charge in [-0.1, -0.05) is 0 Å². The van der Waals surface area contributed by atoms with Gasteiger partial charge >= 0.3 is 12.1 Å². The molecule has 0 aromatic heterocycles. The van der Waals surface area contributed by atoms with Crippen LogP contribution in [0.3, 0.4) is 0 Å². The Hall–Kier alpha value is -1.88. The van der Waals surface area contributed by atoms with Gasteiger partial charge in [0.05, 0.1) is 13.0 Å². The van der Waals surface area contributed by atoms with Crippen LogP contribution >= 0.6 is 22.6 Å². The van der Waals surface area contributed by atoms with Gasteiger partial charge in [-0.2, -0.15) is 0 Å². The first-order valence-electron chi connectivity index (χ1n) is 10.1. The number of fused-ring (bicyclic) bond motifs is 1. The van der Waals surface area contributed by atoms with Crippen LogP contribution in [0.4, 0.5) is 4.79 Å². The molecular formula is C21H27IN2O6. The summed E-state index contributed by atoms with van der Waals surface area (Å²) in [5.74, 6) is -0.691. The van der Waals surface area contributed by atoms with E-state index in [-0.39, 0.29) is 25.0 Å². The number of amides is 2. The fraction of sp³-hybridized carbons (Fsp3) is 0.571. The normalized spacial score (nSPS) is 18.2. The van der Waals surface area contributed by atoms with E-state index in [1.165, 1.54) is 4.90 Å². The summed E-state index contributed by atoms with van der Waals surface area (Å²) in [6, 6.07) is 0.0171. The maximum Gasteiger partial charge on any atom is 0.407 e. The fourth-order valence-electron chi connectivity index (χ4n) is 4.44. The lowest BCUT2D eigenvalue weighted by Crippen LogP contribution is -2.50. The molecule has 2 amide bonds. The highest BCUT2D eigenvalue weighted by Crippen LogP contribution is 2.37. The van der Waals surface area contributed by atoms with Crippen LogP contribution in [0.25, 0.3) is 0 Å². The van der Waals surface area contributed by atoms with Gasteiger partial charge in [-0.05, 0) is 78.5 Å². The van der Waals surface area contributed by atoms with Gasteiger partial charge in [-0.3, -0.25) is 4.79 Å². The lowest BCUT2D eigenvalue weighted by Gasteiger charge is -2.41. The lowest BCUT2D eigenvalue weighted by molar-refractivity contribution is -0.153. The second-order valence-electron chi connectivity index (χ2n) is 7.79. The average molecular weight is 530 g/mol. The topological polar surface area (TPSA) is 107 Å². The quantitative estimate of drug-likeness (QED) is 0.458. The second kappa shape index (κ2) is 9.09. The summed E-state index contributed by atoms with van der Waals surface area (Å²) in [6.07, 6.45) is -0.836. The molecule has 1 unspecified atom stereocenters. The predicted molar refractivity (Wildman–Crippen MR) is 117 cm³/mol. The summed E-state index contributed by atoms with van der Waals surface area (Å²) in [7, 11) is 0. The minimum atomic E-state index is -1.38. The number of nitrogens with zero attached hydrogens (tertiary/aromatic N) is 2. The van der Waals surface area contributed by atoms with E-state index >= 15 is 0 Å². The zero-order valence-corrected chi connectivity index (χ0v) is 19.6. The molecule has 1 fully saturated rings. The third kappa shape index (κ3) is 4.14. The van der Waals surface area contributed by atoms with Gasteiger partial charge in [-0.25, -0.2) is 9.59 Å². The molecular weight excluding hydrogens is 503 g/mol. The van der Waals surface area contributed by atoms with E-state index in [1.807, 2.05) is 18.7 Å². The van der Waals surface area contributed by atoms with Crippen molar-refractivity contribution in [2.75, 3.05) is 19.7 Å². The largest absolute Gasteiger partial charge is 0.465 e. The number of carboxylic acid groups (broad SMARTS) is 1. The number of benzene rings is 1. The highest BCUT2D eigenvalue weighted by molar-refractivity contribution is 14.1. The Balaban J connectivity index is 1.90. The summed E-state index contributed by atoms with van der Waals surface area (Å²) in [6.45, 7) is 6.98. The third-order valence-electron chi connectivity index (χ3n) is 6.18. The number of hydrogen-bond donors (Lipinski definition) is 2. The molecule has 2 aliphatic rings. The highest BCUT2D eigenvalue weighted by atomic mass is 127. The number of aliphatic hydroxyl groups excluding tert-OH is 1. The van der Waals surface area contributed by atoms with Crippen molar-refractivity contribution in [3.8, 4) is 0 Å². The van der Waals surface area contributed by atoms with Crippen molar-refractivity contribution >= 4 is 40.6 Å². The second-order valence-corrected chi connectivity index (χ2v) is 8.87. The van der Waals surface area contributed by atoms with E-state index in [0.717, 1.165) is 25.8 Å². The molecule has 0 saturated carbocycles. The fourth-order valence-corrected chi connectivity index (χ4v) is 5.47. The molecule has 1 atom stereocenters. The standard InChI is InChI=1S/C21H27IN2O6/c1-4-30-20(27)19(26)17-11(2)14-9-16(25)24(10-15(14)12(3)18(17)22)13-5-7-23(8-6-13)21(28)29/h13,19,26H,4-10H2,1-3H3,(H,28,29). The van der Waals surface area contributed by atoms with Crippen molar-refractivity contribution in [3.63, 3.8) is 0 Å². The van der Waals surface area contributed by atoms with Gasteiger partial charge in [0.25, 0.3) is 0 Å². The van der Waals surface area contributed by atoms with Gasteiger partial charge in [0, 0.05) is 34.8 Å². The Bertz CT molecular complexity index is 879. The Labute approximate surface area is 189 Å². The van der Waals surface area contributed by atoms with Crippen molar-refractivity contribution in [3.05, 3.63) is 31.4 Å². The first kappa shape index (κ1) is 22.8. The Morgan fingerprint density at radius 1 is 1.20 bits per heavy atom. The summed E-state index contributed by atoms with van der Waals surface area (Å²) in [5.41, 5.74) is 4.15. The Kier molecular flexibility index (Phi) is 6.91. The summed E-state index contributed by atoms with van der Waals surface area (Å²) in [5, 5.41) is 19.7. The van der Waals surface area contributed by atoms with Crippen molar-refractivity contribution in [1.29, 1.82) is 0 Å². The number of halogens is 1. The van der Waals surface area contributed by atoms with Crippen LogP contribution in [0, 0.1) is 17.4 Å². The molecule has 30 heavy (non-hydrogen) atoms. The molecule has 0 bridgehead atoms. The SMILES string of the molecule is CCOC(=O)C(O)c1c(C)c2c(c(C)c1I)CN(C1CCN(C(=O)O)CC1)C(=O)C2. The summed E-state index contributed by atoms with van der Waals surface area (Å²) >= 11 is 2.15. The number of rotatable bonds is 4. The lowest BCUT2D eigenvalue weighted by atomic mass is 9.85. The molecule has 0 spiro atoms. The van der Waals surface area contributed by atoms with E-state index in [0.29, 0.717) is 38.0 Å². The van der Waals surface area contributed by atoms with Crippen LogP contribution in [0.5, 0.6) is 0 Å². The van der Waals surface area contributed by atoms with Crippen LogP contribution in [0.2, 0.25) is 0 Å². The van der Waals surface area contributed by atoms with Crippen LogP contribution in [-0.2, 0) is 27.3 Å². The first-order chi connectivity index (χ1) is 14.2. The maximum absolute atomic E-state index is 13.0. The molecule has 0 aliphatic carbocycles. The number of carbonyl (C=O) groups excluding carboxylic acids is 2. The van der Waals surface area contributed by atoms with Crippen LogP contribution in [0.15, 0.2) is 0 Å². The molecule has 2 aliphatic heterocycles. The van der Waals surface area contributed by atoms with Gasteiger partial charge in [0.15, 0.2) is 6.10 Å². The van der Waals surface area contributed by atoms with Gasteiger partial charge in [0.1, 0.15) is 0 Å². The molecule has 1 aromatic carbocycles. The predicted octanol–water partition coefficient (Wildman–Crippen LogP) is 2.53. The minimum Gasteiger partial charge on any atom is -0.465 e. The van der Waals surface area contributed by atoms with Gasteiger partial charge in [0.2, 0.25) is 5.91 Å². The highest BCUT2D eigenvalue weighted by Gasteiger charge is 2.36. The number of hydrogen-bond acceptors (Lipinski definition) is 5. The van der Waals surface area contributed by atoms with Crippen molar-refractivity contribution in [2.45, 2.75) is 58.7 Å². The van der Waals surface area contributed by atoms with Crippen molar-refractivity contribution in [1.82, 2.24) is 9.80 Å². The number of ether oxygens (including phenoxy) is 1. The summed E-state index contributed by atoms with van der Waals surface area (Å²) < 4.78 is 5.79. The smallest absolute Gasteiger partial charge is 0.407 e. The first-order valence-corrected chi connectivity index (χ1v) is 11.2. The van der Waals surface area contributed by atoms with E-state index in [4.69, 9.17) is 9.84 Å². The molecule has 1 saturated heterocycles. The van der Waals surface area contributed by atoms with Crippen LogP contribution < -0.4 is 0 Å². The molecule has 1 aromatic rings. The number of likely N-dealkylation sites (tertiary alicyclic amines) is 1. The summed E-state index contributed by atoms with van der Waals surface area (Å²) in [4.78, 5) is 39.5. The zero-order valence-electron chi connectivity index (χ0n) is 17.4. The molecule has 164 valence electrons. The molecule has 8 nitrogen and oxygen atoms in total. The van der Waals surface area contributed by atoms with Crippen molar-refractivity contribution < 1.29 is 29.3 Å². The van der Waals surface area contributed by atoms with E-state index < -0.39 is 18.2 Å². The van der Waals surface area contributed by atoms with Gasteiger partial charge in [-0.15, -0.1) is 0 Å². The number of carbonyl (C=O) groups is 3. The zero-order chi connectivity index (χ0) is 22.2. The number of aliphatic hydroxyl groups is 1. The Morgan fingerprint density at radius 3 is 2.40 bits per heavy atom. The average Bonchev–Trinajstić information content (AvgIpc) is 2.72. The third-order valence-corrected chi connectivity index (χ3v) is 7.57. The number of esters is 1. The molecule has 0 radical (unpaired) electrons. The minimum absolute atomic E-state index is 0.00319. The van der Waals surface area contributed by atoms with Gasteiger partial charge < -0.3 is 24.7 Å². The molecule has 2 heterocycles. The van der Waals surface area contributed by atoms with Crippen molar-refractivity contribution in [2.24, 2.45) is 0 Å². The monoisotopic (exact) mass is 530 g/mol. The maximum atomic E-state index is 13.0. The van der Waals surface area contributed by atoms with E-state index in [9.17, 15) is 19.5 Å².